The number of carbonyl (C=O) groups is 3. The summed E-state index contributed by atoms with van der Waals surface area (Å²) in [6.45, 7) is 2.89. The molecule has 0 radical (unpaired) electrons. The van der Waals surface area contributed by atoms with Crippen molar-refractivity contribution in [1.82, 2.24) is 14.5 Å². The molecule has 2 aliphatic rings. The first-order valence-electron chi connectivity index (χ1n) is 9.10. The summed E-state index contributed by atoms with van der Waals surface area (Å²) in [6, 6.07) is 8.29. The van der Waals surface area contributed by atoms with Crippen LogP contribution in [0.25, 0.3) is 11.0 Å². The van der Waals surface area contributed by atoms with Crippen molar-refractivity contribution >= 4 is 28.9 Å². The van der Waals surface area contributed by atoms with E-state index in [9.17, 15) is 4.79 Å². The second-order valence-corrected chi connectivity index (χ2v) is 7.04. The predicted molar refractivity (Wildman–Crippen MR) is 97.0 cm³/mol. The molecular formula is C19H23N3O5. The van der Waals surface area contributed by atoms with Gasteiger partial charge < -0.3 is 19.7 Å². The first kappa shape index (κ1) is 18.9. The summed E-state index contributed by atoms with van der Waals surface area (Å²) in [5, 5.41) is 14.8. The van der Waals surface area contributed by atoms with Gasteiger partial charge in [-0.15, -0.1) is 0 Å². The smallest absolute Gasteiger partial charge is 0.414 e. The standard InChI is InChI=1S/C17H21N3O.C2H2O4/c21-17(14-5-6-14)19-9-7-13(8-10-19)11-20-12-18-15-3-1-2-4-16(15)20;3-1(4)2(5)6/h1-4,12-14H,5-11H2;(H,3,4)(H,5,6). The van der Waals surface area contributed by atoms with Crippen LogP contribution in [0.3, 0.4) is 0 Å². The summed E-state index contributed by atoms with van der Waals surface area (Å²) >= 11 is 0. The Morgan fingerprint density at radius 3 is 2.22 bits per heavy atom. The number of carbonyl (C=O) groups excluding carboxylic acids is 1. The Bertz CT molecular complexity index is 823. The molecule has 8 nitrogen and oxygen atoms in total. The largest absolute Gasteiger partial charge is 0.473 e. The quantitative estimate of drug-likeness (QED) is 0.794. The Morgan fingerprint density at radius 2 is 1.63 bits per heavy atom. The van der Waals surface area contributed by atoms with Crippen LogP contribution in [0, 0.1) is 11.8 Å². The first-order valence-corrected chi connectivity index (χ1v) is 9.10. The molecule has 2 heterocycles. The van der Waals surface area contributed by atoms with Crippen molar-refractivity contribution in [1.29, 1.82) is 0 Å². The van der Waals surface area contributed by atoms with Crippen LogP contribution in [0.1, 0.15) is 25.7 Å². The zero-order valence-corrected chi connectivity index (χ0v) is 15.0. The molecule has 4 rings (SSSR count). The van der Waals surface area contributed by atoms with Gasteiger partial charge in [0.1, 0.15) is 0 Å². The maximum atomic E-state index is 12.1. The molecule has 8 heteroatoms. The molecule has 0 unspecified atom stereocenters. The molecule has 1 aromatic carbocycles. The third-order valence-corrected chi connectivity index (χ3v) is 5.02. The highest BCUT2D eigenvalue weighted by molar-refractivity contribution is 6.27. The van der Waals surface area contributed by atoms with Crippen molar-refractivity contribution in [3.63, 3.8) is 0 Å². The van der Waals surface area contributed by atoms with Gasteiger partial charge in [0.05, 0.1) is 17.4 Å². The van der Waals surface area contributed by atoms with Gasteiger partial charge in [0, 0.05) is 25.6 Å². The molecule has 144 valence electrons. The summed E-state index contributed by atoms with van der Waals surface area (Å²) in [7, 11) is 0. The third kappa shape index (κ3) is 4.84. The molecule has 1 aliphatic heterocycles. The number of imidazole rings is 1. The van der Waals surface area contributed by atoms with Gasteiger partial charge in [0.2, 0.25) is 5.91 Å². The summed E-state index contributed by atoms with van der Waals surface area (Å²) < 4.78 is 2.26. The number of fused-ring (bicyclic) bond motifs is 1. The van der Waals surface area contributed by atoms with E-state index in [4.69, 9.17) is 19.8 Å². The third-order valence-electron chi connectivity index (χ3n) is 5.02. The fourth-order valence-corrected chi connectivity index (χ4v) is 3.36. The van der Waals surface area contributed by atoms with Gasteiger partial charge in [0.25, 0.3) is 0 Å². The molecule has 0 bridgehead atoms. The van der Waals surface area contributed by atoms with Gasteiger partial charge >= 0.3 is 11.9 Å². The van der Waals surface area contributed by atoms with Crippen LogP contribution >= 0.6 is 0 Å². The van der Waals surface area contributed by atoms with Crippen LogP contribution in [-0.4, -0.2) is 55.6 Å². The van der Waals surface area contributed by atoms with Crippen LogP contribution in [0.4, 0.5) is 0 Å². The number of aromatic nitrogens is 2. The number of hydrogen-bond acceptors (Lipinski definition) is 4. The lowest BCUT2D eigenvalue weighted by Gasteiger charge is -2.32. The zero-order chi connectivity index (χ0) is 19.4. The van der Waals surface area contributed by atoms with E-state index in [0.29, 0.717) is 17.7 Å². The van der Waals surface area contributed by atoms with Gasteiger partial charge in [-0.25, -0.2) is 14.6 Å². The second-order valence-electron chi connectivity index (χ2n) is 7.04. The van der Waals surface area contributed by atoms with Crippen molar-refractivity contribution < 1.29 is 24.6 Å². The van der Waals surface area contributed by atoms with Crippen LogP contribution in [0.5, 0.6) is 0 Å². The lowest BCUT2D eigenvalue weighted by Crippen LogP contribution is -2.40. The average molecular weight is 373 g/mol. The topological polar surface area (TPSA) is 113 Å². The Balaban J connectivity index is 0.000000307. The van der Waals surface area contributed by atoms with E-state index in [-0.39, 0.29) is 0 Å². The fourth-order valence-electron chi connectivity index (χ4n) is 3.36. The van der Waals surface area contributed by atoms with E-state index in [2.05, 4.69) is 32.7 Å². The van der Waals surface area contributed by atoms with Gasteiger partial charge in [-0.3, -0.25) is 4.79 Å². The van der Waals surface area contributed by atoms with Gasteiger partial charge in [-0.1, -0.05) is 12.1 Å². The van der Waals surface area contributed by atoms with E-state index < -0.39 is 11.9 Å². The molecule has 1 amide bonds. The number of para-hydroxylation sites is 2. The number of nitrogens with zero attached hydrogens (tertiary/aromatic N) is 3. The van der Waals surface area contributed by atoms with Crippen LogP contribution in [0.2, 0.25) is 0 Å². The van der Waals surface area contributed by atoms with Crippen LogP contribution in [-0.2, 0) is 20.9 Å². The number of piperidine rings is 1. The average Bonchev–Trinajstić information content (AvgIpc) is 3.44. The Morgan fingerprint density at radius 1 is 1.00 bits per heavy atom. The molecular weight excluding hydrogens is 350 g/mol. The van der Waals surface area contributed by atoms with Gasteiger partial charge in [-0.2, -0.15) is 0 Å². The number of carboxylic acid groups (broad SMARTS) is 2. The molecule has 1 saturated carbocycles. The van der Waals surface area contributed by atoms with E-state index in [1.807, 2.05) is 12.4 Å². The molecule has 1 aromatic heterocycles. The number of likely N-dealkylation sites (tertiary alicyclic amines) is 1. The van der Waals surface area contributed by atoms with Crippen molar-refractivity contribution in [3.05, 3.63) is 30.6 Å². The van der Waals surface area contributed by atoms with E-state index >= 15 is 0 Å². The maximum absolute atomic E-state index is 12.1. The monoisotopic (exact) mass is 373 g/mol. The van der Waals surface area contributed by atoms with Crippen molar-refractivity contribution in [2.75, 3.05) is 13.1 Å². The van der Waals surface area contributed by atoms with Gasteiger partial charge in [0.15, 0.2) is 0 Å². The summed E-state index contributed by atoms with van der Waals surface area (Å²) in [4.78, 5) is 36.8. The number of amides is 1. The molecule has 2 aromatic rings. The first-order chi connectivity index (χ1) is 13.0. The van der Waals surface area contributed by atoms with Crippen LogP contribution in [0.15, 0.2) is 30.6 Å². The Labute approximate surface area is 156 Å². The normalized spacial score (nSPS) is 17.3. The predicted octanol–water partition coefficient (Wildman–Crippen LogP) is 1.84. The molecule has 1 aliphatic carbocycles. The van der Waals surface area contributed by atoms with Crippen molar-refractivity contribution in [2.45, 2.75) is 32.2 Å². The maximum Gasteiger partial charge on any atom is 0.414 e. The number of benzene rings is 1. The van der Waals surface area contributed by atoms with Crippen LogP contribution < -0.4 is 0 Å². The van der Waals surface area contributed by atoms with E-state index in [1.165, 1.54) is 5.52 Å². The number of aliphatic carboxylic acids is 2. The summed E-state index contributed by atoms with van der Waals surface area (Å²) in [6.07, 6.45) is 6.40. The fraction of sp³-hybridized carbons (Fsp3) is 0.474. The Kier molecular flexibility index (Phi) is 5.73. The minimum absolute atomic E-state index is 0.360. The lowest BCUT2D eigenvalue weighted by atomic mass is 9.96. The summed E-state index contributed by atoms with van der Waals surface area (Å²) in [5.74, 6) is -2.23. The highest BCUT2D eigenvalue weighted by Gasteiger charge is 2.34. The summed E-state index contributed by atoms with van der Waals surface area (Å²) in [5.41, 5.74) is 2.29. The zero-order valence-electron chi connectivity index (χ0n) is 15.0. The van der Waals surface area contributed by atoms with Gasteiger partial charge in [-0.05, 0) is 43.7 Å². The molecule has 27 heavy (non-hydrogen) atoms. The minimum atomic E-state index is -1.82. The minimum Gasteiger partial charge on any atom is -0.473 e. The highest BCUT2D eigenvalue weighted by Crippen LogP contribution is 2.32. The Hall–Kier alpha value is -2.90. The van der Waals surface area contributed by atoms with Crippen molar-refractivity contribution in [2.24, 2.45) is 11.8 Å². The molecule has 0 atom stereocenters. The second kappa shape index (κ2) is 8.20. The molecule has 2 fully saturated rings. The van der Waals surface area contributed by atoms with E-state index in [1.54, 1.807) is 0 Å². The number of hydrogen-bond donors (Lipinski definition) is 2. The molecule has 0 spiro atoms. The lowest BCUT2D eigenvalue weighted by molar-refractivity contribution is -0.159. The number of carboxylic acids is 2. The SMILES string of the molecule is O=C(C1CC1)N1CCC(Cn2cnc3ccccc32)CC1.O=C(O)C(=O)O. The van der Waals surface area contributed by atoms with E-state index in [0.717, 1.165) is 50.8 Å². The highest BCUT2D eigenvalue weighted by atomic mass is 16.4. The van der Waals surface area contributed by atoms with Crippen molar-refractivity contribution in [3.8, 4) is 0 Å². The molecule has 2 N–H and O–H groups in total. The molecule has 1 saturated heterocycles. The number of rotatable bonds is 3.